The molecule has 1 aromatic heterocycles. The van der Waals surface area contributed by atoms with Gasteiger partial charge in [0, 0.05) is 29.9 Å². The fourth-order valence-electron chi connectivity index (χ4n) is 2.82. The molecule has 3 rings (SSSR count). The average Bonchev–Trinajstić information content (AvgIpc) is 2.92. The van der Waals surface area contributed by atoms with Gasteiger partial charge in [-0.2, -0.15) is 0 Å². The first-order valence-corrected chi connectivity index (χ1v) is 7.71. The normalized spacial score (nSPS) is 15.6. The number of esters is 1. The first-order valence-electron chi connectivity index (χ1n) is 7.71. The van der Waals surface area contributed by atoms with Crippen LogP contribution in [-0.4, -0.2) is 28.3 Å². The molecule has 1 unspecified atom stereocenters. The highest BCUT2D eigenvalue weighted by Gasteiger charge is 2.35. The molecule has 1 aliphatic rings. The number of nitrogens with one attached hydrogen (secondary N) is 1. The maximum absolute atomic E-state index is 12.2. The number of aromatic nitrogens is 1. The maximum Gasteiger partial charge on any atom is 0.313 e. The largest absolute Gasteiger partial charge is 0.466 e. The van der Waals surface area contributed by atoms with Gasteiger partial charge in [0.1, 0.15) is 0 Å². The molecule has 2 aromatic rings. The van der Waals surface area contributed by atoms with Crippen LogP contribution < -0.4 is 5.32 Å². The number of pyridine rings is 1. The van der Waals surface area contributed by atoms with Crippen LogP contribution in [0.15, 0.2) is 36.5 Å². The third-order valence-electron chi connectivity index (χ3n) is 3.94. The number of hydrogen-bond donors (Lipinski definition) is 1. The minimum absolute atomic E-state index is 0.0708. The molecule has 1 heterocycles. The van der Waals surface area contributed by atoms with Crippen molar-refractivity contribution in [3.63, 3.8) is 0 Å². The Kier molecular flexibility index (Phi) is 4.42. The topological polar surface area (TPSA) is 111 Å². The van der Waals surface area contributed by atoms with Gasteiger partial charge in [0.15, 0.2) is 5.78 Å². The molecular weight excluding hydrogens is 326 g/mol. The van der Waals surface area contributed by atoms with Crippen molar-refractivity contribution in [2.75, 3.05) is 11.9 Å². The summed E-state index contributed by atoms with van der Waals surface area (Å²) in [5.74, 6) is -1.09. The van der Waals surface area contributed by atoms with Crippen molar-refractivity contribution < 1.29 is 19.2 Å². The third kappa shape index (κ3) is 3.18. The van der Waals surface area contributed by atoms with E-state index in [1.165, 1.54) is 18.3 Å². The predicted molar refractivity (Wildman–Crippen MR) is 88.9 cm³/mol. The van der Waals surface area contributed by atoms with Gasteiger partial charge in [-0.25, -0.2) is 4.98 Å². The number of nitrogens with zero attached hydrogens (tertiary/aromatic N) is 2. The number of Topliss-reactive ketones (excluding diaryl/α,β-unsaturated/α-hetero) is 1. The lowest BCUT2D eigenvalue weighted by Gasteiger charge is -2.11. The van der Waals surface area contributed by atoms with Crippen LogP contribution in [-0.2, 0) is 9.53 Å². The van der Waals surface area contributed by atoms with Gasteiger partial charge in [0.25, 0.3) is 0 Å². The number of benzene rings is 1. The van der Waals surface area contributed by atoms with Crippen LogP contribution in [0.3, 0.4) is 0 Å². The van der Waals surface area contributed by atoms with Crippen LogP contribution in [0.2, 0.25) is 0 Å². The van der Waals surface area contributed by atoms with Crippen LogP contribution >= 0.6 is 0 Å². The van der Waals surface area contributed by atoms with Crippen LogP contribution in [0.25, 0.3) is 0 Å². The highest BCUT2D eigenvalue weighted by Crippen LogP contribution is 2.36. The van der Waals surface area contributed by atoms with Gasteiger partial charge in [-0.05, 0) is 30.7 Å². The third-order valence-corrected chi connectivity index (χ3v) is 3.94. The zero-order valence-corrected chi connectivity index (χ0v) is 13.4. The molecule has 1 aliphatic carbocycles. The van der Waals surface area contributed by atoms with E-state index in [1.807, 2.05) is 0 Å². The molecule has 0 bridgehead atoms. The van der Waals surface area contributed by atoms with Crippen LogP contribution in [0.5, 0.6) is 0 Å². The minimum Gasteiger partial charge on any atom is -0.466 e. The predicted octanol–water partition coefficient (Wildman–Crippen LogP) is 2.97. The van der Waals surface area contributed by atoms with E-state index in [9.17, 15) is 19.7 Å². The van der Waals surface area contributed by atoms with Gasteiger partial charge >= 0.3 is 11.7 Å². The minimum atomic E-state index is -0.597. The quantitative estimate of drug-likeness (QED) is 0.505. The number of carbonyl (C=O) groups excluding carboxylic acids is 2. The fraction of sp³-hybridized carbons (Fsp3) is 0.235. The summed E-state index contributed by atoms with van der Waals surface area (Å²) in [5, 5.41) is 13.9. The summed E-state index contributed by atoms with van der Waals surface area (Å²) in [6.07, 6.45) is 1.51. The summed E-state index contributed by atoms with van der Waals surface area (Å²) < 4.78 is 5.01. The first kappa shape index (κ1) is 16.6. The summed E-state index contributed by atoms with van der Waals surface area (Å²) in [7, 11) is 0. The zero-order valence-electron chi connectivity index (χ0n) is 13.4. The Hall–Kier alpha value is -3.29. The lowest BCUT2D eigenvalue weighted by atomic mass is 10.0. The summed E-state index contributed by atoms with van der Waals surface area (Å²) in [5.41, 5.74) is 1.35. The Bertz CT molecular complexity index is 865. The summed E-state index contributed by atoms with van der Waals surface area (Å²) in [6.45, 7) is 1.96. The molecule has 25 heavy (non-hydrogen) atoms. The second kappa shape index (κ2) is 6.68. The van der Waals surface area contributed by atoms with E-state index in [1.54, 1.807) is 25.1 Å². The van der Waals surface area contributed by atoms with Gasteiger partial charge < -0.3 is 10.1 Å². The van der Waals surface area contributed by atoms with E-state index in [2.05, 4.69) is 10.3 Å². The van der Waals surface area contributed by atoms with Crippen molar-refractivity contribution in [3.05, 3.63) is 57.8 Å². The van der Waals surface area contributed by atoms with Crippen molar-refractivity contribution in [2.24, 2.45) is 0 Å². The van der Waals surface area contributed by atoms with E-state index in [-0.39, 0.29) is 30.3 Å². The molecule has 0 aliphatic heterocycles. The monoisotopic (exact) mass is 341 g/mol. The molecule has 0 saturated heterocycles. The van der Waals surface area contributed by atoms with E-state index in [0.717, 1.165) is 0 Å². The molecule has 0 spiro atoms. The van der Waals surface area contributed by atoms with Gasteiger partial charge in [-0.15, -0.1) is 0 Å². The molecule has 128 valence electrons. The number of carbonyl (C=O) groups is 2. The van der Waals surface area contributed by atoms with E-state index in [0.29, 0.717) is 16.8 Å². The Morgan fingerprint density at radius 3 is 2.96 bits per heavy atom. The molecular formula is C17H15N3O5. The first-order chi connectivity index (χ1) is 12.0. The SMILES string of the molecule is CCOC(=O)C1CC(=O)c2cc(Nc3ncccc3[N+](=O)[O-])ccc21. The number of rotatable bonds is 5. The molecule has 0 saturated carbocycles. The second-order valence-electron chi connectivity index (χ2n) is 5.49. The average molecular weight is 341 g/mol. The lowest BCUT2D eigenvalue weighted by Crippen LogP contribution is -2.13. The molecule has 0 fully saturated rings. The number of fused-ring (bicyclic) bond motifs is 1. The standard InChI is InChI=1S/C17H15N3O5/c1-2-25-17(22)13-9-15(21)12-8-10(5-6-11(12)13)19-16-14(20(23)24)4-3-7-18-16/h3-8,13H,2,9H2,1H3,(H,18,19). The molecule has 8 heteroatoms. The van der Waals surface area contributed by atoms with Crippen molar-refractivity contribution in [1.82, 2.24) is 4.98 Å². The number of ether oxygens (including phenoxy) is 1. The van der Waals surface area contributed by atoms with Crippen molar-refractivity contribution >= 4 is 28.9 Å². The highest BCUT2D eigenvalue weighted by atomic mass is 16.6. The number of hydrogen-bond acceptors (Lipinski definition) is 7. The molecule has 1 N–H and O–H groups in total. The summed E-state index contributed by atoms with van der Waals surface area (Å²) in [6, 6.07) is 7.71. The molecule has 1 atom stereocenters. The van der Waals surface area contributed by atoms with Crippen LogP contribution in [0.1, 0.15) is 35.2 Å². The fourth-order valence-corrected chi connectivity index (χ4v) is 2.82. The second-order valence-corrected chi connectivity index (χ2v) is 5.49. The Morgan fingerprint density at radius 1 is 1.44 bits per heavy atom. The maximum atomic E-state index is 12.2. The summed E-state index contributed by atoms with van der Waals surface area (Å²) in [4.78, 5) is 38.7. The number of nitro groups is 1. The highest BCUT2D eigenvalue weighted by molar-refractivity contribution is 6.06. The van der Waals surface area contributed by atoms with Gasteiger partial charge in [-0.1, -0.05) is 6.07 Å². The van der Waals surface area contributed by atoms with E-state index < -0.39 is 16.8 Å². The molecule has 0 radical (unpaired) electrons. The molecule has 8 nitrogen and oxygen atoms in total. The molecule has 0 amide bonds. The van der Waals surface area contributed by atoms with Gasteiger partial charge in [0.05, 0.1) is 17.4 Å². The van der Waals surface area contributed by atoms with Crippen LogP contribution in [0.4, 0.5) is 17.2 Å². The Morgan fingerprint density at radius 2 is 2.24 bits per heavy atom. The smallest absolute Gasteiger partial charge is 0.313 e. The number of ketones is 1. The number of anilines is 2. The zero-order chi connectivity index (χ0) is 18.0. The lowest BCUT2D eigenvalue weighted by molar-refractivity contribution is -0.384. The summed E-state index contributed by atoms with van der Waals surface area (Å²) >= 11 is 0. The Balaban J connectivity index is 1.90. The van der Waals surface area contributed by atoms with E-state index >= 15 is 0 Å². The van der Waals surface area contributed by atoms with Gasteiger partial charge in [-0.3, -0.25) is 19.7 Å². The van der Waals surface area contributed by atoms with Crippen molar-refractivity contribution in [1.29, 1.82) is 0 Å². The van der Waals surface area contributed by atoms with Crippen molar-refractivity contribution in [3.8, 4) is 0 Å². The van der Waals surface area contributed by atoms with Crippen molar-refractivity contribution in [2.45, 2.75) is 19.3 Å². The molecule has 1 aromatic carbocycles. The van der Waals surface area contributed by atoms with E-state index in [4.69, 9.17) is 4.74 Å². The Labute approximate surface area is 143 Å². The van der Waals surface area contributed by atoms with Crippen LogP contribution in [0, 0.1) is 10.1 Å². The van der Waals surface area contributed by atoms with Gasteiger partial charge in [0.2, 0.25) is 5.82 Å².